The molecule has 0 atom stereocenters. The molecule has 198 valence electrons. The van der Waals surface area contributed by atoms with Crippen LogP contribution in [-0.4, -0.2) is 81.0 Å². The Morgan fingerprint density at radius 1 is 1.00 bits per heavy atom. The monoisotopic (exact) mass is 518 g/mol. The number of aromatic nitrogens is 1. The fourth-order valence-corrected chi connectivity index (χ4v) is 5.41. The van der Waals surface area contributed by atoms with E-state index in [1.807, 2.05) is 30.3 Å². The molecule has 4 heterocycles. The molecule has 3 aromatic rings. The van der Waals surface area contributed by atoms with E-state index in [4.69, 9.17) is 18.9 Å². The van der Waals surface area contributed by atoms with Crippen LogP contribution in [0.15, 0.2) is 42.5 Å². The number of piperidine rings is 1. The molecule has 3 aliphatic rings. The number of carbonyl (C=O) groups is 2. The van der Waals surface area contributed by atoms with Crippen molar-refractivity contribution in [2.24, 2.45) is 0 Å². The second-order valence-electron chi connectivity index (χ2n) is 9.69. The molecular weight excluding hydrogens is 488 g/mol. The van der Waals surface area contributed by atoms with Crippen LogP contribution in [0.3, 0.4) is 0 Å². The van der Waals surface area contributed by atoms with Gasteiger partial charge in [0.05, 0.1) is 33.0 Å². The highest BCUT2D eigenvalue weighted by molar-refractivity contribution is 6.00. The number of fused-ring (bicyclic) bond motifs is 2. The second-order valence-corrected chi connectivity index (χ2v) is 9.69. The summed E-state index contributed by atoms with van der Waals surface area (Å²) in [6.07, 6.45) is 0.923. The first-order valence-electron chi connectivity index (χ1n) is 12.8. The van der Waals surface area contributed by atoms with E-state index in [1.54, 1.807) is 31.3 Å². The van der Waals surface area contributed by atoms with Crippen molar-refractivity contribution < 1.29 is 28.5 Å². The number of methoxy groups -OCH3 is 2. The quantitative estimate of drug-likeness (QED) is 0.563. The summed E-state index contributed by atoms with van der Waals surface area (Å²) in [4.78, 5) is 35.1. The Kier molecular flexibility index (Phi) is 6.19. The van der Waals surface area contributed by atoms with Gasteiger partial charge in [0, 0.05) is 56.2 Å². The molecule has 10 heteroatoms. The molecule has 2 amide bonds. The Labute approximate surface area is 220 Å². The number of amides is 2. The van der Waals surface area contributed by atoms with Gasteiger partial charge in [-0.05, 0) is 30.3 Å². The standard InChI is InChI=1S/C28H30N4O6/c1-35-23-5-3-4-19-24(36-2)17-21(29-25(19)23)27(34)32-10-8-28(9-11-32)30-26(33)20-16-18(6-7-22(20)38-28)31-12-14-37-15-13-31/h3-7,16-17H,8-15H2,1-2H3,(H,30,33). The fourth-order valence-electron chi connectivity index (χ4n) is 5.41. The number of rotatable bonds is 4. The van der Waals surface area contributed by atoms with Gasteiger partial charge in [-0.2, -0.15) is 0 Å². The number of nitrogens with one attached hydrogen (secondary N) is 1. The van der Waals surface area contributed by atoms with Gasteiger partial charge in [0.15, 0.2) is 5.72 Å². The molecular formula is C28H30N4O6. The van der Waals surface area contributed by atoms with Crippen LogP contribution in [0.2, 0.25) is 0 Å². The van der Waals surface area contributed by atoms with Crippen molar-refractivity contribution in [2.45, 2.75) is 18.6 Å². The molecule has 0 aliphatic carbocycles. The summed E-state index contributed by atoms with van der Waals surface area (Å²) in [5, 5.41) is 3.85. The molecule has 6 rings (SSSR count). The maximum atomic E-state index is 13.5. The number of nitrogens with zero attached hydrogens (tertiary/aromatic N) is 3. The van der Waals surface area contributed by atoms with Crippen LogP contribution in [0.5, 0.6) is 17.2 Å². The lowest BCUT2D eigenvalue weighted by Crippen LogP contribution is -2.61. The van der Waals surface area contributed by atoms with E-state index in [9.17, 15) is 9.59 Å². The van der Waals surface area contributed by atoms with E-state index < -0.39 is 5.72 Å². The molecule has 2 aromatic carbocycles. The molecule has 0 radical (unpaired) electrons. The predicted octanol–water partition coefficient (Wildman–Crippen LogP) is 2.84. The van der Waals surface area contributed by atoms with Gasteiger partial charge in [0.25, 0.3) is 11.8 Å². The van der Waals surface area contributed by atoms with E-state index >= 15 is 0 Å². The van der Waals surface area contributed by atoms with Crippen molar-refractivity contribution in [3.05, 3.63) is 53.7 Å². The zero-order valence-corrected chi connectivity index (χ0v) is 21.5. The molecule has 10 nitrogen and oxygen atoms in total. The first-order valence-corrected chi connectivity index (χ1v) is 12.8. The third kappa shape index (κ3) is 4.24. The first kappa shape index (κ1) is 24.3. The van der Waals surface area contributed by atoms with Gasteiger partial charge in [-0.25, -0.2) is 4.98 Å². The summed E-state index contributed by atoms with van der Waals surface area (Å²) in [5.41, 5.74) is 1.52. The van der Waals surface area contributed by atoms with Gasteiger partial charge in [0.1, 0.15) is 28.5 Å². The molecule has 1 aromatic heterocycles. The summed E-state index contributed by atoms with van der Waals surface area (Å²) < 4.78 is 22.8. The number of ether oxygens (including phenoxy) is 4. The minimum Gasteiger partial charge on any atom is -0.496 e. The van der Waals surface area contributed by atoms with Gasteiger partial charge < -0.3 is 34.1 Å². The molecule has 0 bridgehead atoms. The average molecular weight is 519 g/mol. The van der Waals surface area contributed by atoms with Crippen molar-refractivity contribution in [1.29, 1.82) is 0 Å². The maximum absolute atomic E-state index is 13.5. The van der Waals surface area contributed by atoms with Gasteiger partial charge in [-0.15, -0.1) is 0 Å². The van der Waals surface area contributed by atoms with Crippen LogP contribution in [0, 0.1) is 0 Å². The SMILES string of the molecule is COc1cc(C(=O)N2CCC3(CC2)NC(=O)c2cc(N4CCOCC4)ccc2O3)nc2c(OC)cccc12. The van der Waals surface area contributed by atoms with Crippen LogP contribution >= 0.6 is 0 Å². The van der Waals surface area contributed by atoms with Crippen molar-refractivity contribution in [3.63, 3.8) is 0 Å². The summed E-state index contributed by atoms with van der Waals surface area (Å²) in [7, 11) is 3.14. The van der Waals surface area contributed by atoms with Crippen molar-refractivity contribution in [2.75, 3.05) is 58.5 Å². The summed E-state index contributed by atoms with van der Waals surface area (Å²) in [6, 6.07) is 13.0. The van der Waals surface area contributed by atoms with Crippen molar-refractivity contribution in [3.8, 4) is 17.2 Å². The number of anilines is 1. The lowest BCUT2D eigenvalue weighted by Gasteiger charge is -2.44. The van der Waals surface area contributed by atoms with E-state index in [0.29, 0.717) is 67.5 Å². The predicted molar refractivity (Wildman–Crippen MR) is 140 cm³/mol. The number of hydrogen-bond donors (Lipinski definition) is 1. The smallest absolute Gasteiger partial charge is 0.272 e. The number of morpholine rings is 1. The highest BCUT2D eigenvalue weighted by Gasteiger charge is 2.43. The van der Waals surface area contributed by atoms with Crippen LogP contribution in [-0.2, 0) is 4.74 Å². The molecule has 1 N–H and O–H groups in total. The Morgan fingerprint density at radius 3 is 2.50 bits per heavy atom. The Balaban J connectivity index is 1.19. The number of benzene rings is 2. The van der Waals surface area contributed by atoms with Gasteiger partial charge in [-0.1, -0.05) is 6.07 Å². The number of pyridine rings is 1. The van der Waals surface area contributed by atoms with E-state index in [2.05, 4.69) is 15.2 Å². The number of hydrogen-bond acceptors (Lipinski definition) is 8. The normalized spacial score (nSPS) is 18.5. The molecule has 1 spiro atoms. The first-order chi connectivity index (χ1) is 18.5. The molecule has 0 unspecified atom stereocenters. The second kappa shape index (κ2) is 9.68. The third-order valence-corrected chi connectivity index (χ3v) is 7.51. The zero-order valence-electron chi connectivity index (χ0n) is 21.5. The largest absolute Gasteiger partial charge is 0.496 e. The number of carbonyl (C=O) groups excluding carboxylic acids is 2. The van der Waals surface area contributed by atoms with Crippen molar-refractivity contribution in [1.82, 2.24) is 15.2 Å². The van der Waals surface area contributed by atoms with Crippen LogP contribution in [0.4, 0.5) is 5.69 Å². The fraction of sp³-hybridized carbons (Fsp3) is 0.393. The Bertz CT molecular complexity index is 1400. The topological polar surface area (TPSA) is 102 Å². The molecule has 2 saturated heterocycles. The van der Waals surface area contributed by atoms with Crippen LogP contribution in [0.25, 0.3) is 10.9 Å². The Morgan fingerprint density at radius 2 is 1.76 bits per heavy atom. The number of likely N-dealkylation sites (tertiary alicyclic amines) is 1. The van der Waals surface area contributed by atoms with E-state index in [1.165, 1.54) is 0 Å². The molecule has 38 heavy (non-hydrogen) atoms. The molecule has 3 aliphatic heterocycles. The van der Waals surface area contributed by atoms with E-state index in [0.717, 1.165) is 24.2 Å². The van der Waals surface area contributed by atoms with Crippen molar-refractivity contribution >= 4 is 28.4 Å². The summed E-state index contributed by atoms with van der Waals surface area (Å²) >= 11 is 0. The highest BCUT2D eigenvalue weighted by atomic mass is 16.5. The minimum absolute atomic E-state index is 0.158. The van der Waals surface area contributed by atoms with Gasteiger partial charge >= 0.3 is 0 Å². The van der Waals surface area contributed by atoms with E-state index in [-0.39, 0.29) is 17.5 Å². The summed E-state index contributed by atoms with van der Waals surface area (Å²) in [6.45, 7) is 3.75. The van der Waals surface area contributed by atoms with Gasteiger partial charge in [0.2, 0.25) is 0 Å². The summed E-state index contributed by atoms with van der Waals surface area (Å²) in [5.74, 6) is 1.33. The van der Waals surface area contributed by atoms with Crippen LogP contribution in [0.1, 0.15) is 33.7 Å². The third-order valence-electron chi connectivity index (χ3n) is 7.51. The highest BCUT2D eigenvalue weighted by Crippen LogP contribution is 2.37. The minimum atomic E-state index is -0.848. The van der Waals surface area contributed by atoms with Crippen LogP contribution < -0.4 is 24.4 Å². The average Bonchev–Trinajstić information content (AvgIpc) is 2.96. The lowest BCUT2D eigenvalue weighted by atomic mass is 9.96. The zero-order chi connectivity index (χ0) is 26.3. The lowest BCUT2D eigenvalue weighted by molar-refractivity contribution is -0.0246. The Hall–Kier alpha value is -4.05. The molecule has 2 fully saturated rings. The maximum Gasteiger partial charge on any atom is 0.272 e. The number of para-hydroxylation sites is 1. The van der Waals surface area contributed by atoms with Gasteiger partial charge in [-0.3, -0.25) is 9.59 Å². The molecule has 0 saturated carbocycles.